The summed E-state index contributed by atoms with van der Waals surface area (Å²) in [5.41, 5.74) is 0.586. The molecule has 8 heteroatoms. The van der Waals surface area contributed by atoms with Gasteiger partial charge in [-0.2, -0.15) is 0 Å². The summed E-state index contributed by atoms with van der Waals surface area (Å²) in [5, 5.41) is 9.61. The van der Waals surface area contributed by atoms with Gasteiger partial charge in [0.15, 0.2) is 20.8 Å². The summed E-state index contributed by atoms with van der Waals surface area (Å²) >= 11 is 5.02. The zero-order valence-electron chi connectivity index (χ0n) is 9.06. The van der Waals surface area contributed by atoms with E-state index in [0.29, 0.717) is 22.4 Å². The fraction of sp³-hybridized carbons (Fsp3) is 0.333. The van der Waals surface area contributed by atoms with E-state index in [0.717, 1.165) is 0 Å². The molecule has 0 saturated carbocycles. The van der Waals surface area contributed by atoms with Gasteiger partial charge < -0.3 is 15.2 Å². The van der Waals surface area contributed by atoms with E-state index in [1.165, 1.54) is 0 Å². The molecule has 1 aromatic heterocycles. The summed E-state index contributed by atoms with van der Waals surface area (Å²) in [7, 11) is -2.99. The zero-order valence-corrected chi connectivity index (χ0v) is 10.7. The van der Waals surface area contributed by atoms with Gasteiger partial charge in [0, 0.05) is 11.8 Å². The monoisotopic (exact) mass is 273 g/mol. The molecule has 92 valence electrons. The Morgan fingerprint density at radius 2 is 2.29 bits per heavy atom. The molecule has 0 radical (unpaired) electrons. The number of thiocarbonyl (C=S) groups is 1. The van der Waals surface area contributed by atoms with E-state index in [9.17, 15) is 8.42 Å². The lowest BCUT2D eigenvalue weighted by atomic mass is 10.4. The largest absolute Gasteiger partial charge is 0.360 e. The van der Waals surface area contributed by atoms with Crippen LogP contribution in [0.1, 0.15) is 5.76 Å². The molecule has 0 unspecified atom stereocenters. The molecule has 0 spiro atoms. The van der Waals surface area contributed by atoms with Crippen molar-refractivity contribution in [3.05, 3.63) is 23.6 Å². The Bertz CT molecular complexity index is 574. The molecule has 2 heterocycles. The van der Waals surface area contributed by atoms with Gasteiger partial charge in [0.25, 0.3) is 0 Å². The molecule has 0 saturated heterocycles. The maximum Gasteiger partial charge on any atom is 0.176 e. The Hall–Kier alpha value is -1.41. The third-order valence-corrected chi connectivity index (χ3v) is 3.73. The van der Waals surface area contributed by atoms with Crippen molar-refractivity contribution in [2.24, 2.45) is 0 Å². The molecule has 6 nitrogen and oxygen atoms in total. The van der Waals surface area contributed by atoms with Crippen LogP contribution >= 0.6 is 12.2 Å². The molecule has 2 rings (SSSR count). The highest BCUT2D eigenvalue weighted by Crippen LogP contribution is 2.10. The fourth-order valence-electron chi connectivity index (χ4n) is 1.39. The van der Waals surface area contributed by atoms with Gasteiger partial charge in [-0.25, -0.2) is 8.42 Å². The average Bonchev–Trinajstić information content (AvgIpc) is 2.73. The first kappa shape index (κ1) is 12.1. The molecule has 17 heavy (non-hydrogen) atoms. The van der Waals surface area contributed by atoms with Gasteiger partial charge in [-0.15, -0.1) is 0 Å². The average molecular weight is 273 g/mol. The number of hydrogen-bond donors (Lipinski definition) is 2. The Kier molecular flexibility index (Phi) is 3.16. The molecule has 0 bridgehead atoms. The van der Waals surface area contributed by atoms with Crippen molar-refractivity contribution in [3.8, 4) is 0 Å². The Morgan fingerprint density at radius 1 is 1.53 bits per heavy atom. The predicted molar refractivity (Wildman–Crippen MR) is 67.3 cm³/mol. The van der Waals surface area contributed by atoms with Crippen LogP contribution in [-0.4, -0.2) is 30.2 Å². The predicted octanol–water partition coefficient (Wildman–Crippen LogP) is 0.582. The smallest absolute Gasteiger partial charge is 0.176 e. The standard InChI is InChI=1S/C9H11N3O3S2/c1-6-4-8(12-15-6)11-9(16)10-7-2-3-17(13,14)5-7/h2,4H,3,5H2,1H3,(H2,10,11,12,16). The molecule has 1 aliphatic heterocycles. The van der Waals surface area contributed by atoms with Crippen molar-refractivity contribution < 1.29 is 12.9 Å². The minimum Gasteiger partial charge on any atom is -0.360 e. The van der Waals surface area contributed by atoms with Gasteiger partial charge >= 0.3 is 0 Å². The molecule has 0 amide bonds. The zero-order chi connectivity index (χ0) is 12.5. The van der Waals surface area contributed by atoms with Crippen molar-refractivity contribution in [1.29, 1.82) is 0 Å². The van der Waals surface area contributed by atoms with Gasteiger partial charge in [0.05, 0.1) is 11.5 Å². The summed E-state index contributed by atoms with van der Waals surface area (Å²) in [6.45, 7) is 1.76. The van der Waals surface area contributed by atoms with Crippen LogP contribution in [0.2, 0.25) is 0 Å². The van der Waals surface area contributed by atoms with E-state index in [4.69, 9.17) is 16.7 Å². The van der Waals surface area contributed by atoms with Crippen LogP contribution in [0.4, 0.5) is 5.82 Å². The van der Waals surface area contributed by atoms with Crippen molar-refractivity contribution >= 4 is 33.0 Å². The first-order valence-corrected chi connectivity index (χ1v) is 7.08. The minimum absolute atomic E-state index is 0.00728. The van der Waals surface area contributed by atoms with E-state index in [1.807, 2.05) is 0 Å². The number of aromatic nitrogens is 1. The molecule has 1 aromatic rings. The third kappa shape index (κ3) is 3.27. The maximum atomic E-state index is 11.2. The lowest BCUT2D eigenvalue weighted by molar-refractivity contribution is 0.400. The third-order valence-electron chi connectivity index (χ3n) is 2.10. The molecule has 2 N–H and O–H groups in total. The summed E-state index contributed by atoms with van der Waals surface area (Å²) < 4.78 is 27.3. The Balaban J connectivity index is 1.91. The van der Waals surface area contributed by atoms with E-state index in [-0.39, 0.29) is 11.5 Å². The normalized spacial score (nSPS) is 17.6. The second kappa shape index (κ2) is 4.46. The molecular formula is C9H11N3O3S2. The van der Waals surface area contributed by atoms with Gasteiger partial charge in [-0.05, 0) is 25.2 Å². The van der Waals surface area contributed by atoms with Crippen molar-refractivity contribution in [2.75, 3.05) is 16.8 Å². The number of hydrogen-bond acceptors (Lipinski definition) is 5. The van der Waals surface area contributed by atoms with Gasteiger partial charge in [0.1, 0.15) is 5.76 Å². The fourth-order valence-corrected chi connectivity index (χ4v) is 2.86. The summed E-state index contributed by atoms with van der Waals surface area (Å²) in [5.74, 6) is 1.20. The van der Waals surface area contributed by atoms with E-state index in [1.54, 1.807) is 19.1 Å². The van der Waals surface area contributed by atoms with Crippen LogP contribution in [-0.2, 0) is 9.84 Å². The van der Waals surface area contributed by atoms with E-state index >= 15 is 0 Å². The number of anilines is 1. The molecular weight excluding hydrogens is 262 g/mol. The molecule has 1 aliphatic rings. The molecule has 0 fully saturated rings. The first-order chi connectivity index (χ1) is 7.94. The molecule has 0 atom stereocenters. The molecule has 0 aliphatic carbocycles. The summed E-state index contributed by atoms with van der Waals surface area (Å²) in [6, 6.07) is 1.69. The van der Waals surface area contributed by atoms with E-state index < -0.39 is 9.84 Å². The second-order valence-corrected chi connectivity index (χ2v) is 6.20. The number of nitrogens with zero attached hydrogens (tertiary/aromatic N) is 1. The highest BCUT2D eigenvalue weighted by atomic mass is 32.2. The summed E-state index contributed by atoms with van der Waals surface area (Å²) in [4.78, 5) is 0. The van der Waals surface area contributed by atoms with E-state index in [2.05, 4.69) is 15.8 Å². The topological polar surface area (TPSA) is 84.2 Å². The highest BCUT2D eigenvalue weighted by Gasteiger charge is 2.20. The Labute approximate surface area is 104 Å². The number of rotatable bonds is 2. The first-order valence-electron chi connectivity index (χ1n) is 4.85. The number of aryl methyl sites for hydroxylation is 1. The number of sulfone groups is 1. The van der Waals surface area contributed by atoms with Crippen molar-refractivity contribution in [2.45, 2.75) is 6.92 Å². The van der Waals surface area contributed by atoms with Gasteiger partial charge in [-0.1, -0.05) is 5.16 Å². The van der Waals surface area contributed by atoms with Crippen LogP contribution in [0.5, 0.6) is 0 Å². The van der Waals surface area contributed by atoms with Crippen LogP contribution in [0.25, 0.3) is 0 Å². The van der Waals surface area contributed by atoms with Crippen LogP contribution in [0, 0.1) is 6.92 Å². The van der Waals surface area contributed by atoms with Crippen molar-refractivity contribution in [1.82, 2.24) is 10.5 Å². The minimum atomic E-state index is -2.99. The highest BCUT2D eigenvalue weighted by molar-refractivity contribution is 7.92. The Morgan fingerprint density at radius 3 is 2.82 bits per heavy atom. The maximum absolute atomic E-state index is 11.2. The summed E-state index contributed by atoms with van der Waals surface area (Å²) in [6.07, 6.45) is 1.61. The quantitative estimate of drug-likeness (QED) is 0.762. The lowest BCUT2D eigenvalue weighted by Crippen LogP contribution is -2.29. The van der Waals surface area contributed by atoms with Crippen LogP contribution in [0.3, 0.4) is 0 Å². The second-order valence-electron chi connectivity index (χ2n) is 3.69. The van der Waals surface area contributed by atoms with Crippen LogP contribution < -0.4 is 10.6 Å². The lowest BCUT2D eigenvalue weighted by Gasteiger charge is -2.07. The van der Waals surface area contributed by atoms with Crippen LogP contribution in [0.15, 0.2) is 22.4 Å². The van der Waals surface area contributed by atoms with Crippen molar-refractivity contribution in [3.63, 3.8) is 0 Å². The molecule has 0 aromatic carbocycles. The van der Waals surface area contributed by atoms with Gasteiger partial charge in [0.2, 0.25) is 0 Å². The number of nitrogens with one attached hydrogen (secondary N) is 2. The SMILES string of the molecule is Cc1cc(NC(=S)NC2=CCS(=O)(=O)C2)no1. The van der Waals surface area contributed by atoms with Gasteiger partial charge in [-0.3, -0.25) is 0 Å².